The average Bonchev–Trinajstić information content (AvgIpc) is 1.00. The summed E-state index contributed by atoms with van der Waals surface area (Å²) in [6.07, 6.45) is 0. The van der Waals surface area contributed by atoms with Crippen LogP contribution in [-0.2, 0) is 30.3 Å². The van der Waals surface area contributed by atoms with E-state index in [-0.39, 0.29) is 32.0 Å². The first-order valence-electron chi connectivity index (χ1n) is 0.204. The fourth-order valence-electron chi connectivity index (χ4n) is 0. The van der Waals surface area contributed by atoms with Gasteiger partial charge in [0.2, 0.25) is 0 Å². The molecule has 4 heavy (non-hydrogen) atoms. The third-order valence-electron chi connectivity index (χ3n) is 0. The average molecular weight is 240 g/mol. The van der Waals surface area contributed by atoms with Crippen molar-refractivity contribution in [2.24, 2.45) is 0 Å². The topological polar surface area (TPSA) is 52.1 Å². The summed E-state index contributed by atoms with van der Waals surface area (Å²) in [5.41, 5.74) is 0. The monoisotopic (exact) mass is 241 g/mol. The van der Waals surface area contributed by atoms with Gasteiger partial charge in [0, 0.05) is 25.8 Å². The van der Waals surface area contributed by atoms with Crippen molar-refractivity contribution >= 4 is 10.1 Å². The van der Waals surface area contributed by atoms with E-state index >= 15 is 0 Å². The second-order valence-electron chi connectivity index (χ2n) is 0. The Labute approximate surface area is 46.8 Å². The maximum Gasteiger partial charge on any atom is 0.381 e. The van der Waals surface area contributed by atoms with Crippen molar-refractivity contribution < 1.29 is 30.3 Å². The second kappa shape index (κ2) is 43.5. The molecule has 0 aromatic carbocycles. The molecule has 0 aliphatic heterocycles. The molecule has 0 rings (SSSR count). The molecule has 0 aliphatic rings. The van der Waals surface area contributed by atoms with Gasteiger partial charge in [-0.15, -0.1) is 0 Å². The zero-order valence-electron chi connectivity index (χ0n) is 2.12. The first-order valence-corrected chi connectivity index (χ1v) is 0.612. The summed E-state index contributed by atoms with van der Waals surface area (Å²) in [5.74, 6) is 0. The third kappa shape index (κ3) is 13.5. The van der Waals surface area contributed by atoms with Gasteiger partial charge in [0.05, 0.1) is 0 Å². The van der Waals surface area contributed by atoms with Crippen molar-refractivity contribution in [2.75, 3.05) is 0 Å². The SMILES string of the molecule is N.O=[Si].[Hf]. The van der Waals surface area contributed by atoms with Crippen LogP contribution in [0.5, 0.6) is 0 Å². The standard InChI is InChI=1S/Hf.H3N.OSi/c;;1-2/h;1H3;. The molecule has 0 heterocycles. The zero-order chi connectivity index (χ0) is 2.00. The molecular weight excluding hydrogens is 237 g/mol. The molecule has 0 aliphatic carbocycles. The van der Waals surface area contributed by atoms with E-state index in [0.717, 1.165) is 0 Å². The van der Waals surface area contributed by atoms with Crippen LogP contribution < -0.4 is 6.15 Å². The van der Waals surface area contributed by atoms with Gasteiger partial charge in [-0.1, -0.05) is 0 Å². The van der Waals surface area contributed by atoms with Crippen LogP contribution in [0.3, 0.4) is 0 Å². The van der Waals surface area contributed by atoms with Crippen LogP contribution in [0.4, 0.5) is 0 Å². The molecular formula is H3HfNOSi. The molecule has 0 bridgehead atoms. The van der Waals surface area contributed by atoms with Crippen molar-refractivity contribution in [3.63, 3.8) is 0 Å². The van der Waals surface area contributed by atoms with E-state index in [0.29, 0.717) is 0 Å². The van der Waals surface area contributed by atoms with Crippen LogP contribution in [0.25, 0.3) is 0 Å². The quantitative estimate of drug-likeness (QED) is 0.588. The van der Waals surface area contributed by atoms with Crippen molar-refractivity contribution in [3.05, 3.63) is 0 Å². The van der Waals surface area contributed by atoms with Crippen LogP contribution in [0, 0.1) is 0 Å². The van der Waals surface area contributed by atoms with Crippen LogP contribution in [0.1, 0.15) is 0 Å². The fraction of sp³-hybridized carbons (Fsp3) is 0. The summed E-state index contributed by atoms with van der Waals surface area (Å²) in [5, 5.41) is 0. The number of hydrogen-bond acceptors (Lipinski definition) is 2. The van der Waals surface area contributed by atoms with Gasteiger partial charge in [-0.05, 0) is 0 Å². The van der Waals surface area contributed by atoms with E-state index in [1.54, 1.807) is 10.1 Å². The van der Waals surface area contributed by atoms with Crippen LogP contribution in [-0.4, -0.2) is 10.1 Å². The van der Waals surface area contributed by atoms with Gasteiger partial charge in [0.1, 0.15) is 0 Å². The van der Waals surface area contributed by atoms with Gasteiger partial charge in [0.15, 0.2) is 0 Å². The fourth-order valence-corrected chi connectivity index (χ4v) is 0. The van der Waals surface area contributed by atoms with E-state index in [9.17, 15) is 0 Å². The van der Waals surface area contributed by atoms with Crippen molar-refractivity contribution in [1.29, 1.82) is 0 Å². The summed E-state index contributed by atoms with van der Waals surface area (Å²) < 4.78 is 8.06. The Bertz CT molecular complexity index is 8.00. The van der Waals surface area contributed by atoms with Crippen LogP contribution in [0.15, 0.2) is 0 Å². The molecule has 2 nitrogen and oxygen atoms in total. The van der Waals surface area contributed by atoms with E-state index in [2.05, 4.69) is 0 Å². The summed E-state index contributed by atoms with van der Waals surface area (Å²) in [7, 11) is 1.72. The van der Waals surface area contributed by atoms with E-state index in [1.165, 1.54) is 0 Å². The third-order valence-corrected chi connectivity index (χ3v) is 0. The minimum atomic E-state index is 0. The Morgan fingerprint density at radius 2 is 1.25 bits per heavy atom. The van der Waals surface area contributed by atoms with Crippen LogP contribution in [0.2, 0.25) is 0 Å². The zero-order valence-corrected chi connectivity index (χ0v) is 6.71. The molecule has 0 unspecified atom stereocenters. The van der Waals surface area contributed by atoms with E-state index < -0.39 is 0 Å². The summed E-state index contributed by atoms with van der Waals surface area (Å²) in [4.78, 5) is 0. The number of rotatable bonds is 0. The van der Waals surface area contributed by atoms with Crippen molar-refractivity contribution in [2.45, 2.75) is 0 Å². The molecule has 0 saturated carbocycles. The molecule has 0 spiro atoms. The molecule has 4 heteroatoms. The molecule has 0 fully saturated rings. The largest absolute Gasteiger partial charge is 0.381 e. The molecule has 0 atom stereocenters. The Balaban J connectivity index is -0.00000000500. The van der Waals surface area contributed by atoms with Gasteiger partial charge >= 0.3 is 10.1 Å². The predicted molar refractivity (Wildman–Crippen MR) is 11.5 cm³/mol. The van der Waals surface area contributed by atoms with Gasteiger partial charge in [-0.25, -0.2) is 0 Å². The first-order chi connectivity index (χ1) is 1.00. The van der Waals surface area contributed by atoms with Crippen molar-refractivity contribution in [3.8, 4) is 0 Å². The summed E-state index contributed by atoms with van der Waals surface area (Å²) in [6.45, 7) is 0. The Morgan fingerprint density at radius 3 is 1.25 bits per heavy atom. The minimum absolute atomic E-state index is 0. The normalized spacial score (nSPS) is 1.00. The molecule has 3 N–H and O–H groups in total. The molecule has 2 radical (unpaired) electrons. The maximum atomic E-state index is 8.06. The number of hydrogen-bond donors (Lipinski definition) is 1. The molecule has 0 saturated heterocycles. The summed E-state index contributed by atoms with van der Waals surface area (Å²) >= 11 is 0. The molecule has 0 amide bonds. The Hall–Kier alpha value is 0.847. The molecule has 0 aromatic heterocycles. The van der Waals surface area contributed by atoms with Crippen molar-refractivity contribution in [1.82, 2.24) is 6.15 Å². The summed E-state index contributed by atoms with van der Waals surface area (Å²) in [6, 6.07) is 0. The van der Waals surface area contributed by atoms with Gasteiger partial charge < -0.3 is 10.6 Å². The van der Waals surface area contributed by atoms with Gasteiger partial charge in [-0.3, -0.25) is 0 Å². The smallest absolute Gasteiger partial charge is 0.381 e. The minimum Gasteiger partial charge on any atom is -0.381 e. The Kier molecular flexibility index (Phi) is 228. The maximum absolute atomic E-state index is 8.06. The Morgan fingerprint density at radius 1 is 1.25 bits per heavy atom. The van der Waals surface area contributed by atoms with Gasteiger partial charge in [0.25, 0.3) is 0 Å². The molecule has 0 aromatic rings. The van der Waals surface area contributed by atoms with Crippen LogP contribution >= 0.6 is 0 Å². The second-order valence-corrected chi connectivity index (χ2v) is 0. The predicted octanol–water partition coefficient (Wildman–Crippen LogP) is -0.340. The molecule has 22 valence electrons. The van der Waals surface area contributed by atoms with E-state index in [1.807, 2.05) is 0 Å². The first kappa shape index (κ1) is 21.0. The van der Waals surface area contributed by atoms with Gasteiger partial charge in [-0.2, -0.15) is 0 Å². The van der Waals surface area contributed by atoms with E-state index in [4.69, 9.17) is 4.46 Å².